The molecule has 5 heteroatoms. The summed E-state index contributed by atoms with van der Waals surface area (Å²) in [6, 6.07) is 6.85. The average molecular weight is 309 g/mol. The van der Waals surface area contributed by atoms with E-state index in [0.717, 1.165) is 12.8 Å². The molecule has 0 aliphatic carbocycles. The molecule has 1 N–H and O–H groups in total. The minimum atomic E-state index is -0.167. The second-order valence-electron chi connectivity index (χ2n) is 5.01. The first-order chi connectivity index (χ1) is 10.1. The van der Waals surface area contributed by atoms with E-state index in [1.54, 1.807) is 12.1 Å². The SMILES string of the molecule is CCCCC[C@H](C)NC(=O)COc1ccc(C#N)cc1Cl. The molecule has 1 atom stereocenters. The molecule has 1 aromatic carbocycles. The Kier molecular flexibility index (Phi) is 7.63. The Morgan fingerprint density at radius 1 is 1.48 bits per heavy atom. The third-order valence-corrected chi connectivity index (χ3v) is 3.36. The summed E-state index contributed by atoms with van der Waals surface area (Å²) in [5.41, 5.74) is 0.460. The molecule has 0 fully saturated rings. The molecule has 0 spiro atoms. The van der Waals surface area contributed by atoms with E-state index in [0.29, 0.717) is 16.3 Å². The van der Waals surface area contributed by atoms with Gasteiger partial charge in [0.05, 0.1) is 16.7 Å². The van der Waals surface area contributed by atoms with E-state index >= 15 is 0 Å². The molecule has 0 saturated carbocycles. The van der Waals surface area contributed by atoms with Crippen LogP contribution in [0.25, 0.3) is 0 Å². The van der Waals surface area contributed by atoms with Crippen LogP contribution in [0.4, 0.5) is 0 Å². The topological polar surface area (TPSA) is 62.1 Å². The molecule has 1 rings (SSSR count). The summed E-state index contributed by atoms with van der Waals surface area (Å²) in [5, 5.41) is 12.0. The van der Waals surface area contributed by atoms with Crippen molar-refractivity contribution in [2.75, 3.05) is 6.61 Å². The van der Waals surface area contributed by atoms with Gasteiger partial charge in [-0.1, -0.05) is 37.8 Å². The van der Waals surface area contributed by atoms with Crippen molar-refractivity contribution in [1.29, 1.82) is 5.26 Å². The van der Waals surface area contributed by atoms with Gasteiger partial charge in [-0.05, 0) is 31.5 Å². The lowest BCUT2D eigenvalue weighted by atomic mass is 10.1. The lowest BCUT2D eigenvalue weighted by Crippen LogP contribution is -2.36. The molecule has 0 unspecified atom stereocenters. The highest BCUT2D eigenvalue weighted by atomic mass is 35.5. The average Bonchev–Trinajstić information content (AvgIpc) is 2.46. The molecule has 0 aliphatic rings. The van der Waals surface area contributed by atoms with Crippen molar-refractivity contribution in [3.63, 3.8) is 0 Å². The maximum absolute atomic E-state index is 11.8. The first-order valence-electron chi connectivity index (χ1n) is 7.18. The van der Waals surface area contributed by atoms with Crippen LogP contribution in [-0.2, 0) is 4.79 Å². The largest absolute Gasteiger partial charge is 0.482 e. The van der Waals surface area contributed by atoms with Crippen molar-refractivity contribution in [3.05, 3.63) is 28.8 Å². The Hall–Kier alpha value is -1.73. The van der Waals surface area contributed by atoms with Crippen molar-refractivity contribution in [2.45, 2.75) is 45.6 Å². The number of rotatable bonds is 8. The molecule has 0 heterocycles. The fourth-order valence-corrected chi connectivity index (χ4v) is 2.16. The van der Waals surface area contributed by atoms with Gasteiger partial charge in [0.15, 0.2) is 6.61 Å². The second kappa shape index (κ2) is 9.25. The van der Waals surface area contributed by atoms with E-state index < -0.39 is 0 Å². The van der Waals surface area contributed by atoms with E-state index in [1.165, 1.54) is 18.9 Å². The predicted octanol–water partition coefficient (Wildman–Crippen LogP) is 3.68. The standard InChI is InChI=1S/C16H21ClN2O2/c1-3-4-5-6-12(2)19-16(20)11-21-15-8-7-13(10-18)9-14(15)17/h7-9,12H,3-6,11H2,1-2H3,(H,19,20)/t12-/m0/s1. The van der Waals surface area contributed by atoms with Crippen molar-refractivity contribution in [2.24, 2.45) is 0 Å². The zero-order chi connectivity index (χ0) is 15.7. The van der Waals surface area contributed by atoms with Crippen molar-refractivity contribution >= 4 is 17.5 Å². The van der Waals surface area contributed by atoms with Gasteiger partial charge in [0.2, 0.25) is 0 Å². The molecule has 0 radical (unpaired) electrons. The van der Waals surface area contributed by atoms with Crippen LogP contribution < -0.4 is 10.1 Å². The van der Waals surface area contributed by atoms with E-state index in [-0.39, 0.29) is 18.6 Å². The number of nitriles is 1. The Bertz CT molecular complexity index is 511. The molecular formula is C16H21ClN2O2. The highest BCUT2D eigenvalue weighted by molar-refractivity contribution is 6.32. The normalized spacial score (nSPS) is 11.5. The van der Waals surface area contributed by atoms with Crippen LogP contribution in [-0.4, -0.2) is 18.6 Å². The zero-order valence-electron chi connectivity index (χ0n) is 12.5. The number of amides is 1. The summed E-state index contributed by atoms with van der Waals surface area (Å²) in [4.78, 5) is 11.8. The summed E-state index contributed by atoms with van der Waals surface area (Å²) in [6.07, 6.45) is 4.43. The minimum absolute atomic E-state index is 0.0796. The fraction of sp³-hybridized carbons (Fsp3) is 0.500. The van der Waals surface area contributed by atoms with Crippen LogP contribution in [0.2, 0.25) is 5.02 Å². The minimum Gasteiger partial charge on any atom is -0.482 e. The van der Waals surface area contributed by atoms with Crippen molar-refractivity contribution in [1.82, 2.24) is 5.32 Å². The number of nitrogens with one attached hydrogen (secondary N) is 1. The quantitative estimate of drug-likeness (QED) is 0.745. The number of benzene rings is 1. The van der Waals surface area contributed by atoms with Gasteiger partial charge in [0, 0.05) is 6.04 Å². The zero-order valence-corrected chi connectivity index (χ0v) is 13.2. The molecule has 4 nitrogen and oxygen atoms in total. The highest BCUT2D eigenvalue weighted by Crippen LogP contribution is 2.25. The van der Waals surface area contributed by atoms with E-state index in [4.69, 9.17) is 21.6 Å². The lowest BCUT2D eigenvalue weighted by molar-refractivity contribution is -0.123. The number of hydrogen-bond donors (Lipinski definition) is 1. The number of nitrogens with zero attached hydrogens (tertiary/aromatic N) is 1. The number of halogens is 1. The molecule has 0 saturated heterocycles. The van der Waals surface area contributed by atoms with E-state index in [9.17, 15) is 4.79 Å². The van der Waals surface area contributed by atoms with Gasteiger partial charge in [0.25, 0.3) is 5.91 Å². The summed E-state index contributed by atoms with van der Waals surface area (Å²) in [7, 11) is 0. The molecule has 0 aliphatic heterocycles. The van der Waals surface area contributed by atoms with Gasteiger partial charge in [-0.15, -0.1) is 0 Å². The maximum Gasteiger partial charge on any atom is 0.258 e. The van der Waals surface area contributed by atoms with Crippen molar-refractivity contribution in [3.8, 4) is 11.8 Å². The van der Waals surface area contributed by atoms with E-state index in [1.807, 2.05) is 13.0 Å². The summed E-state index contributed by atoms with van der Waals surface area (Å²) < 4.78 is 5.37. The molecule has 0 aromatic heterocycles. The molecule has 114 valence electrons. The lowest BCUT2D eigenvalue weighted by Gasteiger charge is -2.14. The Morgan fingerprint density at radius 2 is 2.24 bits per heavy atom. The Morgan fingerprint density at radius 3 is 2.86 bits per heavy atom. The number of carbonyl (C=O) groups excluding carboxylic acids is 1. The second-order valence-corrected chi connectivity index (χ2v) is 5.42. The first-order valence-corrected chi connectivity index (χ1v) is 7.56. The van der Waals surface area contributed by atoms with Crippen LogP contribution in [0.5, 0.6) is 5.75 Å². The van der Waals surface area contributed by atoms with Crippen LogP contribution >= 0.6 is 11.6 Å². The monoisotopic (exact) mass is 308 g/mol. The van der Waals surface area contributed by atoms with Gasteiger partial charge >= 0.3 is 0 Å². The fourth-order valence-electron chi connectivity index (χ4n) is 1.92. The molecule has 1 aromatic rings. The van der Waals surface area contributed by atoms with Gasteiger partial charge in [0.1, 0.15) is 5.75 Å². The molecule has 21 heavy (non-hydrogen) atoms. The van der Waals surface area contributed by atoms with Gasteiger partial charge in [-0.2, -0.15) is 5.26 Å². The first kappa shape index (κ1) is 17.3. The van der Waals surface area contributed by atoms with Gasteiger partial charge < -0.3 is 10.1 Å². The number of carbonyl (C=O) groups is 1. The van der Waals surface area contributed by atoms with Crippen molar-refractivity contribution < 1.29 is 9.53 Å². The third kappa shape index (κ3) is 6.50. The van der Waals surface area contributed by atoms with Crippen LogP contribution in [0.1, 0.15) is 45.1 Å². The van der Waals surface area contributed by atoms with Crippen LogP contribution in [0, 0.1) is 11.3 Å². The number of ether oxygens (including phenoxy) is 1. The molecular weight excluding hydrogens is 288 g/mol. The van der Waals surface area contributed by atoms with Crippen LogP contribution in [0.15, 0.2) is 18.2 Å². The third-order valence-electron chi connectivity index (χ3n) is 3.07. The summed E-state index contributed by atoms with van der Waals surface area (Å²) in [5.74, 6) is 0.240. The highest BCUT2D eigenvalue weighted by Gasteiger charge is 2.09. The van der Waals surface area contributed by atoms with E-state index in [2.05, 4.69) is 12.2 Å². The summed E-state index contributed by atoms with van der Waals surface area (Å²) >= 11 is 5.97. The Balaban J connectivity index is 2.38. The molecule has 1 amide bonds. The number of hydrogen-bond acceptors (Lipinski definition) is 3. The smallest absolute Gasteiger partial charge is 0.258 e. The number of unbranched alkanes of at least 4 members (excludes halogenated alkanes) is 2. The predicted molar refractivity (Wildman–Crippen MR) is 83.4 cm³/mol. The van der Waals surface area contributed by atoms with Crippen LogP contribution in [0.3, 0.4) is 0 Å². The summed E-state index contributed by atoms with van der Waals surface area (Å²) in [6.45, 7) is 4.06. The van der Waals surface area contributed by atoms with Gasteiger partial charge in [-0.25, -0.2) is 0 Å². The maximum atomic E-state index is 11.8. The Labute approximate surface area is 131 Å². The van der Waals surface area contributed by atoms with Gasteiger partial charge in [-0.3, -0.25) is 4.79 Å². The molecule has 0 bridgehead atoms.